The van der Waals surface area contributed by atoms with Crippen molar-refractivity contribution in [3.63, 3.8) is 0 Å². The van der Waals surface area contributed by atoms with E-state index in [9.17, 15) is 4.79 Å². The Kier molecular flexibility index (Phi) is 6.09. The second-order valence-corrected chi connectivity index (χ2v) is 4.39. The zero-order chi connectivity index (χ0) is 12.1. The third kappa shape index (κ3) is 3.43. The van der Waals surface area contributed by atoms with Crippen molar-refractivity contribution in [2.75, 3.05) is 20.1 Å². The Bertz CT molecular complexity index is 372. The number of carbonyl (C=O) groups excluding carboxylic acids is 1. The molecule has 1 saturated heterocycles. The number of rotatable bonds is 4. The zero-order valence-electron chi connectivity index (χ0n) is 10.6. The van der Waals surface area contributed by atoms with Crippen LogP contribution in [0.4, 0.5) is 0 Å². The standard InChI is InChI=1S/C13H19N3O.ClH/c1-14-8-6-13(17)16-9-3-5-12(16)11-4-2-7-15-10-11;/h2,4,7,10,12,14H,3,5-6,8-9H2,1H3;1H. The maximum Gasteiger partial charge on any atom is 0.224 e. The van der Waals surface area contributed by atoms with Crippen LogP contribution in [-0.2, 0) is 4.79 Å². The van der Waals surface area contributed by atoms with Crippen LogP contribution in [0.5, 0.6) is 0 Å². The Morgan fingerprint density at radius 3 is 3.11 bits per heavy atom. The van der Waals surface area contributed by atoms with Crippen molar-refractivity contribution in [1.29, 1.82) is 0 Å². The Balaban J connectivity index is 0.00000162. The highest BCUT2D eigenvalue weighted by molar-refractivity contribution is 5.85. The molecule has 0 saturated carbocycles. The van der Waals surface area contributed by atoms with Gasteiger partial charge >= 0.3 is 0 Å². The van der Waals surface area contributed by atoms with Gasteiger partial charge in [0.2, 0.25) is 5.91 Å². The van der Waals surface area contributed by atoms with Gasteiger partial charge in [0.05, 0.1) is 6.04 Å². The van der Waals surface area contributed by atoms with Crippen molar-refractivity contribution >= 4 is 18.3 Å². The molecule has 0 bridgehead atoms. The van der Waals surface area contributed by atoms with Crippen LogP contribution in [0.2, 0.25) is 0 Å². The molecule has 1 amide bonds. The number of pyridine rings is 1. The molecule has 0 radical (unpaired) electrons. The molecule has 2 heterocycles. The van der Waals surface area contributed by atoms with Crippen LogP contribution >= 0.6 is 12.4 Å². The minimum Gasteiger partial charge on any atom is -0.336 e. The van der Waals surface area contributed by atoms with E-state index in [0.717, 1.165) is 31.5 Å². The number of halogens is 1. The Morgan fingerprint density at radius 1 is 1.61 bits per heavy atom. The average Bonchev–Trinajstić information content (AvgIpc) is 2.86. The quantitative estimate of drug-likeness (QED) is 0.906. The molecule has 5 heteroatoms. The van der Waals surface area contributed by atoms with E-state index in [1.165, 1.54) is 0 Å². The Hall–Kier alpha value is -1.13. The SMILES string of the molecule is CNCCC(=O)N1CCCC1c1cccnc1.Cl. The molecule has 1 aromatic rings. The van der Waals surface area contributed by atoms with Gasteiger partial charge in [-0.15, -0.1) is 12.4 Å². The number of hydrogen-bond acceptors (Lipinski definition) is 3. The fraction of sp³-hybridized carbons (Fsp3) is 0.538. The fourth-order valence-electron chi connectivity index (χ4n) is 2.36. The van der Waals surface area contributed by atoms with Crippen LogP contribution in [0.1, 0.15) is 30.9 Å². The summed E-state index contributed by atoms with van der Waals surface area (Å²) in [4.78, 5) is 18.2. The molecule has 100 valence electrons. The molecule has 1 atom stereocenters. The van der Waals surface area contributed by atoms with Crippen LogP contribution in [-0.4, -0.2) is 35.9 Å². The summed E-state index contributed by atoms with van der Waals surface area (Å²) >= 11 is 0. The van der Waals surface area contributed by atoms with Crippen LogP contribution < -0.4 is 5.32 Å². The first-order valence-electron chi connectivity index (χ1n) is 6.17. The lowest BCUT2D eigenvalue weighted by atomic mass is 10.1. The zero-order valence-corrected chi connectivity index (χ0v) is 11.4. The molecule has 0 spiro atoms. The van der Waals surface area contributed by atoms with Gasteiger partial charge in [-0.3, -0.25) is 9.78 Å². The lowest BCUT2D eigenvalue weighted by molar-refractivity contribution is -0.132. The molecular weight excluding hydrogens is 250 g/mol. The predicted molar refractivity (Wildman–Crippen MR) is 73.7 cm³/mol. The van der Waals surface area contributed by atoms with E-state index in [1.54, 1.807) is 6.20 Å². The topological polar surface area (TPSA) is 45.2 Å². The number of amides is 1. The monoisotopic (exact) mass is 269 g/mol. The number of nitrogens with one attached hydrogen (secondary N) is 1. The van der Waals surface area contributed by atoms with Crippen LogP contribution in [0.15, 0.2) is 24.5 Å². The molecule has 1 aliphatic rings. The Labute approximate surface area is 114 Å². The highest BCUT2D eigenvalue weighted by atomic mass is 35.5. The van der Waals surface area contributed by atoms with Gasteiger partial charge in [0, 0.05) is 31.9 Å². The van der Waals surface area contributed by atoms with E-state index in [4.69, 9.17) is 0 Å². The second kappa shape index (κ2) is 7.34. The summed E-state index contributed by atoms with van der Waals surface area (Å²) in [5.74, 6) is 0.241. The summed E-state index contributed by atoms with van der Waals surface area (Å²) in [6.45, 7) is 1.62. The van der Waals surface area contributed by atoms with Crippen LogP contribution in [0.25, 0.3) is 0 Å². The number of likely N-dealkylation sites (tertiary alicyclic amines) is 1. The molecule has 18 heavy (non-hydrogen) atoms. The van der Waals surface area contributed by atoms with E-state index in [0.29, 0.717) is 6.42 Å². The van der Waals surface area contributed by atoms with Gasteiger partial charge in [-0.2, -0.15) is 0 Å². The summed E-state index contributed by atoms with van der Waals surface area (Å²) < 4.78 is 0. The normalized spacial score (nSPS) is 18.5. The van der Waals surface area contributed by atoms with Gasteiger partial charge in [0.25, 0.3) is 0 Å². The van der Waals surface area contributed by atoms with Gasteiger partial charge in [-0.25, -0.2) is 0 Å². The molecule has 2 rings (SSSR count). The van der Waals surface area contributed by atoms with Gasteiger partial charge in [0.1, 0.15) is 0 Å². The Morgan fingerprint density at radius 2 is 2.44 bits per heavy atom. The molecule has 1 aromatic heterocycles. The molecule has 0 aliphatic carbocycles. The first-order valence-corrected chi connectivity index (χ1v) is 6.17. The summed E-state index contributed by atoms with van der Waals surface area (Å²) in [5, 5.41) is 3.02. The van der Waals surface area contributed by atoms with Crippen molar-refractivity contribution in [3.8, 4) is 0 Å². The fourth-order valence-corrected chi connectivity index (χ4v) is 2.36. The van der Waals surface area contributed by atoms with Crippen LogP contribution in [0, 0.1) is 0 Å². The maximum atomic E-state index is 12.1. The summed E-state index contributed by atoms with van der Waals surface area (Å²) in [6, 6.07) is 4.22. The van der Waals surface area contributed by atoms with Gasteiger partial charge in [0.15, 0.2) is 0 Å². The smallest absolute Gasteiger partial charge is 0.224 e. The molecule has 0 aromatic carbocycles. The maximum absolute atomic E-state index is 12.1. The number of carbonyl (C=O) groups is 1. The van der Waals surface area contributed by atoms with E-state index in [-0.39, 0.29) is 24.4 Å². The highest BCUT2D eigenvalue weighted by Crippen LogP contribution is 2.31. The minimum absolute atomic E-state index is 0. The minimum atomic E-state index is 0. The molecule has 1 N–H and O–H groups in total. The van der Waals surface area contributed by atoms with Crippen molar-refractivity contribution in [2.45, 2.75) is 25.3 Å². The first-order chi connectivity index (χ1) is 8.33. The van der Waals surface area contributed by atoms with Crippen molar-refractivity contribution in [3.05, 3.63) is 30.1 Å². The van der Waals surface area contributed by atoms with E-state index >= 15 is 0 Å². The van der Waals surface area contributed by atoms with Crippen molar-refractivity contribution in [2.24, 2.45) is 0 Å². The molecule has 1 aliphatic heterocycles. The lowest BCUT2D eigenvalue weighted by Crippen LogP contribution is -2.32. The van der Waals surface area contributed by atoms with Gasteiger partial charge in [-0.05, 0) is 31.5 Å². The molecule has 1 fully saturated rings. The average molecular weight is 270 g/mol. The molecule has 1 unspecified atom stereocenters. The van der Waals surface area contributed by atoms with Gasteiger partial charge < -0.3 is 10.2 Å². The third-order valence-corrected chi connectivity index (χ3v) is 3.23. The van der Waals surface area contributed by atoms with E-state index < -0.39 is 0 Å². The summed E-state index contributed by atoms with van der Waals surface area (Å²) in [7, 11) is 1.87. The summed E-state index contributed by atoms with van der Waals surface area (Å²) in [5.41, 5.74) is 1.16. The summed E-state index contributed by atoms with van der Waals surface area (Å²) in [6.07, 6.45) is 6.36. The number of nitrogens with zero attached hydrogens (tertiary/aromatic N) is 2. The van der Waals surface area contributed by atoms with E-state index in [2.05, 4.69) is 16.4 Å². The predicted octanol–water partition coefficient (Wildman–Crippen LogP) is 1.78. The number of aromatic nitrogens is 1. The van der Waals surface area contributed by atoms with Crippen LogP contribution in [0.3, 0.4) is 0 Å². The van der Waals surface area contributed by atoms with Crippen molar-refractivity contribution in [1.82, 2.24) is 15.2 Å². The largest absolute Gasteiger partial charge is 0.336 e. The van der Waals surface area contributed by atoms with E-state index in [1.807, 2.05) is 24.2 Å². The highest BCUT2D eigenvalue weighted by Gasteiger charge is 2.29. The third-order valence-electron chi connectivity index (χ3n) is 3.23. The second-order valence-electron chi connectivity index (χ2n) is 4.39. The van der Waals surface area contributed by atoms with Crippen molar-refractivity contribution < 1.29 is 4.79 Å². The first kappa shape index (κ1) is 14.9. The molecular formula is C13H20ClN3O. The molecule has 4 nitrogen and oxygen atoms in total. The van der Waals surface area contributed by atoms with Gasteiger partial charge in [-0.1, -0.05) is 6.07 Å². The lowest BCUT2D eigenvalue weighted by Gasteiger charge is -2.24. The number of hydrogen-bond donors (Lipinski definition) is 1.